The topological polar surface area (TPSA) is 35.5 Å². The van der Waals surface area contributed by atoms with Crippen molar-refractivity contribution in [3.05, 3.63) is 89.5 Å². The number of aryl methyl sites for hydroxylation is 1. The molecule has 0 aromatic heterocycles. The van der Waals surface area contributed by atoms with Gasteiger partial charge < -0.3 is 9.47 Å². The lowest BCUT2D eigenvalue weighted by Crippen LogP contribution is -2.08. The Bertz CT molecular complexity index is 941. The molecule has 0 heterocycles. The first-order chi connectivity index (χ1) is 15.1. The molecule has 0 aliphatic carbocycles. The molecule has 0 aliphatic heterocycles. The minimum Gasteiger partial charge on any atom is -0.423 e. The van der Waals surface area contributed by atoms with Gasteiger partial charge in [-0.3, -0.25) is 0 Å². The van der Waals surface area contributed by atoms with E-state index in [4.69, 9.17) is 9.47 Å². The second-order valence-corrected chi connectivity index (χ2v) is 7.85. The van der Waals surface area contributed by atoms with E-state index in [0.29, 0.717) is 11.3 Å². The van der Waals surface area contributed by atoms with Crippen LogP contribution in [-0.2, 0) is 11.2 Å². The summed E-state index contributed by atoms with van der Waals surface area (Å²) in [5.74, 6) is 0.225. The van der Waals surface area contributed by atoms with E-state index in [-0.39, 0.29) is 12.1 Å². The molecule has 162 valence electrons. The Labute approximate surface area is 186 Å². The number of carbonyl (C=O) groups excluding carboxylic acids is 1. The number of hydrogen-bond acceptors (Lipinski definition) is 3. The first kappa shape index (κ1) is 22.8. The molecule has 0 fully saturated rings. The van der Waals surface area contributed by atoms with Crippen LogP contribution in [0, 0.1) is 0 Å². The maximum atomic E-state index is 12.5. The third-order valence-corrected chi connectivity index (χ3v) is 5.37. The van der Waals surface area contributed by atoms with Crippen molar-refractivity contribution in [3.8, 4) is 16.9 Å². The molecule has 0 saturated heterocycles. The van der Waals surface area contributed by atoms with Crippen LogP contribution >= 0.6 is 0 Å². The highest BCUT2D eigenvalue weighted by molar-refractivity contribution is 5.91. The molecule has 3 heteroatoms. The molecule has 0 bridgehead atoms. The van der Waals surface area contributed by atoms with Crippen molar-refractivity contribution in [3.63, 3.8) is 0 Å². The number of ether oxygens (including phenoxy) is 2. The minimum absolute atomic E-state index is 0.0915. The monoisotopic (exact) mass is 416 g/mol. The van der Waals surface area contributed by atoms with E-state index in [2.05, 4.69) is 45.0 Å². The fourth-order valence-corrected chi connectivity index (χ4v) is 3.42. The zero-order valence-electron chi connectivity index (χ0n) is 18.8. The van der Waals surface area contributed by atoms with Crippen LogP contribution in [0.4, 0.5) is 0 Å². The molecule has 1 unspecified atom stereocenters. The van der Waals surface area contributed by atoms with Crippen LogP contribution in [0.25, 0.3) is 11.1 Å². The quantitative estimate of drug-likeness (QED) is 0.196. The van der Waals surface area contributed by atoms with E-state index in [9.17, 15) is 4.79 Å². The standard InChI is InChI=1S/C28H32O3/c1-4-6-20-30-21(3)23-10-12-24(13-11-23)25-14-16-26(17-15-25)28(29)31-27-18-8-22(7-5-2)9-19-27/h8-19,21H,4-7,20H2,1-3H3. The molecule has 3 aromatic rings. The normalized spacial score (nSPS) is 11.8. The van der Waals surface area contributed by atoms with Gasteiger partial charge in [-0.05, 0) is 66.3 Å². The maximum absolute atomic E-state index is 12.5. The van der Waals surface area contributed by atoms with Crippen LogP contribution in [0.1, 0.15) is 67.6 Å². The summed E-state index contributed by atoms with van der Waals surface area (Å²) in [5, 5.41) is 0. The molecule has 1 atom stereocenters. The van der Waals surface area contributed by atoms with Crippen molar-refractivity contribution in [2.45, 2.75) is 52.6 Å². The van der Waals surface area contributed by atoms with Gasteiger partial charge in [0.25, 0.3) is 0 Å². The molecule has 3 nitrogen and oxygen atoms in total. The predicted octanol–water partition coefficient (Wildman–Crippen LogP) is 7.40. The lowest BCUT2D eigenvalue weighted by Gasteiger charge is -2.14. The summed E-state index contributed by atoms with van der Waals surface area (Å²) in [6, 6.07) is 23.7. The molecule has 3 aromatic carbocycles. The van der Waals surface area contributed by atoms with Crippen LogP contribution < -0.4 is 4.74 Å². The van der Waals surface area contributed by atoms with Gasteiger partial charge >= 0.3 is 5.97 Å². The Kier molecular flexibility index (Phi) is 8.43. The van der Waals surface area contributed by atoms with Gasteiger partial charge in [-0.2, -0.15) is 0 Å². The summed E-state index contributed by atoms with van der Waals surface area (Å²) in [6.45, 7) is 7.19. The van der Waals surface area contributed by atoms with Gasteiger partial charge in [0, 0.05) is 6.61 Å². The number of carbonyl (C=O) groups is 1. The first-order valence-corrected chi connectivity index (χ1v) is 11.2. The van der Waals surface area contributed by atoms with E-state index < -0.39 is 0 Å². The Morgan fingerprint density at radius 1 is 0.806 bits per heavy atom. The predicted molar refractivity (Wildman–Crippen MR) is 127 cm³/mol. The zero-order chi connectivity index (χ0) is 22.1. The van der Waals surface area contributed by atoms with Gasteiger partial charge in [-0.25, -0.2) is 4.79 Å². The molecule has 0 N–H and O–H groups in total. The highest BCUT2D eigenvalue weighted by atomic mass is 16.5. The molecule has 31 heavy (non-hydrogen) atoms. The third kappa shape index (κ3) is 6.53. The van der Waals surface area contributed by atoms with Crippen molar-refractivity contribution in [1.29, 1.82) is 0 Å². The highest BCUT2D eigenvalue weighted by Crippen LogP contribution is 2.24. The van der Waals surface area contributed by atoms with Crippen molar-refractivity contribution in [2.75, 3.05) is 6.61 Å². The zero-order valence-corrected chi connectivity index (χ0v) is 18.8. The Hall–Kier alpha value is -2.91. The van der Waals surface area contributed by atoms with Gasteiger partial charge in [0.2, 0.25) is 0 Å². The maximum Gasteiger partial charge on any atom is 0.343 e. The fraction of sp³-hybridized carbons (Fsp3) is 0.321. The first-order valence-electron chi connectivity index (χ1n) is 11.2. The van der Waals surface area contributed by atoms with Crippen LogP contribution in [0.15, 0.2) is 72.8 Å². The van der Waals surface area contributed by atoms with Gasteiger partial charge in [-0.15, -0.1) is 0 Å². The average Bonchev–Trinajstić information content (AvgIpc) is 2.81. The fourth-order valence-electron chi connectivity index (χ4n) is 3.42. The highest BCUT2D eigenvalue weighted by Gasteiger charge is 2.10. The number of rotatable bonds is 10. The largest absolute Gasteiger partial charge is 0.423 e. The molecular formula is C28H32O3. The lowest BCUT2D eigenvalue weighted by atomic mass is 10.0. The Morgan fingerprint density at radius 2 is 1.42 bits per heavy atom. The second kappa shape index (κ2) is 11.5. The number of esters is 1. The van der Waals surface area contributed by atoms with Crippen molar-refractivity contribution in [1.82, 2.24) is 0 Å². The van der Waals surface area contributed by atoms with Crippen LogP contribution in [0.3, 0.4) is 0 Å². The van der Waals surface area contributed by atoms with Gasteiger partial charge in [0.15, 0.2) is 0 Å². The lowest BCUT2D eigenvalue weighted by molar-refractivity contribution is 0.0637. The van der Waals surface area contributed by atoms with Crippen LogP contribution in [0.2, 0.25) is 0 Å². The number of hydrogen-bond donors (Lipinski definition) is 0. The smallest absolute Gasteiger partial charge is 0.343 e. The summed E-state index contributed by atoms with van der Waals surface area (Å²) in [7, 11) is 0. The molecular weight excluding hydrogens is 384 g/mol. The summed E-state index contributed by atoms with van der Waals surface area (Å²) >= 11 is 0. The van der Waals surface area contributed by atoms with E-state index in [1.165, 1.54) is 11.1 Å². The van der Waals surface area contributed by atoms with Crippen molar-refractivity contribution < 1.29 is 14.3 Å². The molecule has 0 saturated carbocycles. The van der Waals surface area contributed by atoms with E-state index in [1.807, 2.05) is 48.5 Å². The SMILES string of the molecule is CCCCOC(C)c1ccc(-c2ccc(C(=O)Oc3ccc(CCC)cc3)cc2)cc1. The summed E-state index contributed by atoms with van der Waals surface area (Å²) in [6.07, 6.45) is 4.44. The number of unbranched alkanes of at least 4 members (excludes halogenated alkanes) is 1. The van der Waals surface area contributed by atoms with E-state index >= 15 is 0 Å². The van der Waals surface area contributed by atoms with Crippen molar-refractivity contribution >= 4 is 5.97 Å². The van der Waals surface area contributed by atoms with Gasteiger partial charge in [0.1, 0.15) is 5.75 Å². The molecule has 3 rings (SSSR count). The molecule has 0 radical (unpaired) electrons. The van der Waals surface area contributed by atoms with Gasteiger partial charge in [0.05, 0.1) is 11.7 Å². The summed E-state index contributed by atoms with van der Waals surface area (Å²) < 4.78 is 11.4. The Morgan fingerprint density at radius 3 is 2.00 bits per heavy atom. The van der Waals surface area contributed by atoms with Crippen LogP contribution in [-0.4, -0.2) is 12.6 Å². The van der Waals surface area contributed by atoms with Crippen molar-refractivity contribution in [2.24, 2.45) is 0 Å². The Balaban J connectivity index is 1.60. The summed E-state index contributed by atoms with van der Waals surface area (Å²) in [4.78, 5) is 12.5. The summed E-state index contributed by atoms with van der Waals surface area (Å²) in [5.41, 5.74) is 5.13. The van der Waals surface area contributed by atoms with Gasteiger partial charge in [-0.1, -0.05) is 75.2 Å². The average molecular weight is 417 g/mol. The molecule has 0 aliphatic rings. The van der Waals surface area contributed by atoms with E-state index in [0.717, 1.165) is 43.4 Å². The molecule has 0 amide bonds. The molecule has 0 spiro atoms. The van der Waals surface area contributed by atoms with Crippen LogP contribution in [0.5, 0.6) is 5.75 Å². The second-order valence-electron chi connectivity index (χ2n) is 7.85. The van der Waals surface area contributed by atoms with E-state index in [1.54, 1.807) is 0 Å². The minimum atomic E-state index is -0.344. The third-order valence-electron chi connectivity index (χ3n) is 5.37. The number of benzene rings is 3.